The van der Waals surface area contributed by atoms with Crippen LogP contribution in [0.1, 0.15) is 207 Å². The lowest BCUT2D eigenvalue weighted by atomic mass is 9.85. The van der Waals surface area contributed by atoms with Gasteiger partial charge in [0.15, 0.2) is 0 Å². The lowest BCUT2D eigenvalue weighted by molar-refractivity contribution is -0.861. The van der Waals surface area contributed by atoms with Gasteiger partial charge in [0.1, 0.15) is 74.8 Å². The summed E-state index contributed by atoms with van der Waals surface area (Å²) in [6.07, 6.45) is 27.3. The van der Waals surface area contributed by atoms with E-state index in [4.69, 9.17) is 5.11 Å². The first-order chi connectivity index (χ1) is 49.0. The topological polar surface area (TPSA) is 450 Å². The molecule has 37 heteroatoms. The second-order valence-electron chi connectivity index (χ2n) is 34.1. The van der Waals surface area contributed by atoms with Gasteiger partial charge < -0.3 is 113 Å². The highest BCUT2D eigenvalue weighted by Crippen LogP contribution is 2.26. The summed E-state index contributed by atoms with van der Waals surface area (Å²) >= 11 is 0. The standard InChI is InChI=1S/C13H25NO2.C8H19NO4S.4C8H17NO2.3C7H17NO3S.FH/c1-14(2,16)11-7-6-10-13(15)12-8-4-3-5-9-12;1-9(11,6-7-10)5-3-4-8-14(2,12)13;4*1-8(10)6-4-5-7-9(2,3)11;3*1-8(2,9)6-4-5-7-12(3,10)11;/h12H,3-11H2,1-2H3;10H,3-8H2,1-2H3;4*4-7H2,1-3H3;3*4-7H2,1-3H3;1H. The van der Waals surface area contributed by atoms with E-state index in [-0.39, 0.29) is 101 Å². The number of aliphatic hydroxyl groups excluding tert-OH is 1. The van der Waals surface area contributed by atoms with Gasteiger partial charge in [-0.05, 0) is 156 Å². The van der Waals surface area contributed by atoms with Crippen LogP contribution in [-0.4, -0.2) is 349 Å². The first-order valence-electron chi connectivity index (χ1n) is 38.7. The highest BCUT2D eigenvalue weighted by molar-refractivity contribution is 7.91. The Morgan fingerprint density at radius 3 is 0.613 bits per heavy atom. The van der Waals surface area contributed by atoms with Gasteiger partial charge in [-0.2, -0.15) is 0 Å². The number of aliphatic hydroxyl groups is 1. The Bertz CT molecular complexity index is 2570. The van der Waals surface area contributed by atoms with Crippen LogP contribution < -0.4 is 0 Å². The van der Waals surface area contributed by atoms with Crippen molar-refractivity contribution in [3.05, 3.63) is 46.9 Å². The summed E-state index contributed by atoms with van der Waals surface area (Å²) in [5.41, 5.74) is 0. The molecule has 1 fully saturated rings. The third kappa shape index (κ3) is 149. The number of sulfone groups is 4. The maximum absolute atomic E-state index is 11.8. The molecule has 674 valence electrons. The molecule has 1 aliphatic carbocycles. The third-order valence-corrected chi connectivity index (χ3v) is 19.8. The third-order valence-electron chi connectivity index (χ3n) is 15.7. The molecule has 1 atom stereocenters. The van der Waals surface area contributed by atoms with Gasteiger partial charge in [0.05, 0.1) is 208 Å². The minimum atomic E-state index is -2.91. The molecule has 111 heavy (non-hydrogen) atoms. The Hall–Kier alpha value is -2.68. The zero-order valence-corrected chi connectivity index (χ0v) is 77.2. The highest BCUT2D eigenvalue weighted by atomic mass is 32.2. The van der Waals surface area contributed by atoms with Crippen LogP contribution in [0.25, 0.3) is 0 Å². The molecular weight excluding hydrogens is 1530 g/mol. The predicted octanol–water partition coefficient (Wildman–Crippen LogP) is 9.22. The lowest BCUT2D eigenvalue weighted by Gasteiger charge is -2.38. The Labute approximate surface area is 674 Å². The summed E-state index contributed by atoms with van der Waals surface area (Å²) < 4.78 is 82.8. The molecule has 0 saturated heterocycles. The number of likely N-dealkylation sites (N-methyl/N-ethyl adjacent to an activating group) is 1. The van der Waals surface area contributed by atoms with E-state index in [0.29, 0.717) is 154 Å². The maximum atomic E-state index is 11.8. The number of rotatable bonds is 48. The summed E-state index contributed by atoms with van der Waals surface area (Å²) in [7, 11) is 15.6. The minimum Gasteiger partial charge on any atom is -0.633 e. The number of hydrogen-bond acceptors (Lipinski definition) is 23. The number of carbonyl (C=O) groups is 5. The van der Waals surface area contributed by atoms with E-state index in [1.165, 1.54) is 51.3 Å². The lowest BCUT2D eigenvalue weighted by Crippen LogP contribution is -2.40. The fourth-order valence-electron chi connectivity index (χ4n) is 9.59. The van der Waals surface area contributed by atoms with Crippen LogP contribution in [0.2, 0.25) is 0 Å². The number of carbonyl (C=O) groups excluding carboxylic acids is 5. The van der Waals surface area contributed by atoms with E-state index in [9.17, 15) is 105 Å². The van der Waals surface area contributed by atoms with Gasteiger partial charge in [0, 0.05) is 63.0 Å². The van der Waals surface area contributed by atoms with E-state index in [1.54, 1.807) is 140 Å². The molecule has 1 aliphatic rings. The first kappa shape index (κ1) is 126. The summed E-state index contributed by atoms with van der Waals surface area (Å²) in [5, 5.41) is 108. The molecule has 0 aliphatic heterocycles. The Kier molecular flexibility index (Phi) is 74.4. The van der Waals surface area contributed by atoms with Crippen molar-refractivity contribution >= 4 is 68.3 Å². The van der Waals surface area contributed by atoms with Gasteiger partial charge in [-0.1, -0.05) is 19.3 Å². The Balaban J connectivity index is -0.000000151. The molecule has 0 spiro atoms. The summed E-state index contributed by atoms with van der Waals surface area (Å²) in [6.45, 7) is 11.2. The van der Waals surface area contributed by atoms with Gasteiger partial charge >= 0.3 is 0 Å². The fraction of sp³-hybridized carbons (Fsp3) is 0.932. The maximum Gasteiger partial charge on any atom is 0.147 e. The number of unbranched alkanes of at least 4 members (excludes halogenated alkanes) is 9. The molecule has 1 N–H and O–H groups in total. The quantitative estimate of drug-likeness (QED) is 0.0337. The van der Waals surface area contributed by atoms with Crippen molar-refractivity contribution in [1.29, 1.82) is 0 Å². The number of quaternary nitrogens is 9. The van der Waals surface area contributed by atoms with E-state index in [0.717, 1.165) is 77.0 Å². The smallest absolute Gasteiger partial charge is 0.147 e. The van der Waals surface area contributed by atoms with Gasteiger partial charge in [-0.3, -0.25) is 9.50 Å². The van der Waals surface area contributed by atoms with Crippen LogP contribution >= 0.6 is 0 Å². The van der Waals surface area contributed by atoms with Crippen molar-refractivity contribution in [3.63, 3.8) is 0 Å². The van der Waals surface area contributed by atoms with Crippen molar-refractivity contribution < 1.29 is 109 Å². The molecule has 0 aromatic carbocycles. The van der Waals surface area contributed by atoms with E-state index in [1.807, 2.05) is 0 Å². The second kappa shape index (κ2) is 65.3. The van der Waals surface area contributed by atoms with Crippen LogP contribution in [0.4, 0.5) is 4.70 Å². The summed E-state index contributed by atoms with van der Waals surface area (Å²) in [4.78, 5) is 53.8. The molecular formula is C74H164FN9O23S4. The Morgan fingerprint density at radius 2 is 0.450 bits per heavy atom. The van der Waals surface area contributed by atoms with Gasteiger partial charge in [-0.15, -0.1) is 0 Å². The molecule has 1 unspecified atom stereocenters. The monoisotopic (exact) mass is 1690 g/mol. The Morgan fingerprint density at radius 1 is 0.279 bits per heavy atom. The number of ketones is 5. The molecule has 0 heterocycles. The summed E-state index contributed by atoms with van der Waals surface area (Å²) in [5.74, 6) is 2.31. The van der Waals surface area contributed by atoms with Crippen molar-refractivity contribution in [2.45, 2.75) is 207 Å². The number of hydrogen-bond donors (Lipinski definition) is 1. The van der Waals surface area contributed by atoms with Crippen molar-refractivity contribution in [2.24, 2.45) is 5.92 Å². The van der Waals surface area contributed by atoms with Crippen molar-refractivity contribution in [2.75, 3.05) is 240 Å². The summed E-state index contributed by atoms with van der Waals surface area (Å²) in [6, 6.07) is 0. The normalized spacial score (nSPS) is 13.7. The highest BCUT2D eigenvalue weighted by Gasteiger charge is 2.21. The number of hydroxylamine groups is 27. The molecule has 32 nitrogen and oxygen atoms in total. The molecule has 0 bridgehead atoms. The molecule has 0 radical (unpaired) electrons. The van der Waals surface area contributed by atoms with E-state index in [2.05, 4.69) is 0 Å². The van der Waals surface area contributed by atoms with Crippen LogP contribution in [0, 0.1) is 52.8 Å². The van der Waals surface area contributed by atoms with Gasteiger partial charge in [0.25, 0.3) is 0 Å². The van der Waals surface area contributed by atoms with Crippen LogP contribution in [0.15, 0.2) is 0 Å². The molecule has 0 amide bonds. The zero-order chi connectivity index (χ0) is 88.4. The fourth-order valence-corrected chi connectivity index (χ4v) is 12.5. The SMILES string of the molecule is CC(=O)CCCC[N+](C)(C)[O-].CC(=O)CCCC[N+](C)(C)[O-].CC(=O)CCCC[N+](C)(C)[O-].CC(=O)CCCC[N+](C)(C)[O-].C[N+](C)([O-])CCCCC(=O)C1CCCCC1.C[N+](C)([O-])CCCCS(C)(=O)=O.C[N+](C)([O-])CCCCS(C)(=O)=O.C[N+](C)([O-])CCCCS(C)(=O)=O.C[N+]([O-])(CCO)CCCCS(C)(=O)=O.F. The largest absolute Gasteiger partial charge is 0.633 e. The number of Topliss-reactive ketones (excluding diaryl/α,β-unsaturated/α-hetero) is 5. The molecule has 0 aromatic heterocycles. The second-order valence-corrected chi connectivity index (χ2v) is 43.1. The van der Waals surface area contributed by atoms with E-state index >= 15 is 0 Å². The average Bonchev–Trinajstić information content (AvgIpc) is 0.928. The van der Waals surface area contributed by atoms with Crippen LogP contribution in [0.5, 0.6) is 0 Å². The number of nitrogens with zero attached hydrogens (tertiary/aromatic N) is 9. The molecule has 0 aromatic rings. The van der Waals surface area contributed by atoms with Crippen molar-refractivity contribution in [1.82, 2.24) is 0 Å². The van der Waals surface area contributed by atoms with Gasteiger partial charge in [0.2, 0.25) is 0 Å². The molecule has 1 rings (SSSR count). The van der Waals surface area contributed by atoms with Crippen LogP contribution in [0.3, 0.4) is 0 Å². The van der Waals surface area contributed by atoms with E-state index < -0.39 is 44.0 Å². The van der Waals surface area contributed by atoms with Gasteiger partial charge in [-0.25, -0.2) is 33.7 Å². The minimum absolute atomic E-state index is 0. The number of halogens is 1. The average molecular weight is 1700 g/mol. The first-order valence-corrected chi connectivity index (χ1v) is 47.0. The van der Waals surface area contributed by atoms with Crippen molar-refractivity contribution in [3.8, 4) is 0 Å². The predicted molar refractivity (Wildman–Crippen MR) is 451 cm³/mol. The zero-order valence-electron chi connectivity index (χ0n) is 74.0. The molecule has 1 saturated carbocycles. The van der Waals surface area contributed by atoms with Crippen LogP contribution in [-0.2, 0) is 63.3 Å².